The molecule has 1 saturated carbocycles. The summed E-state index contributed by atoms with van der Waals surface area (Å²) >= 11 is 0. The van der Waals surface area contributed by atoms with E-state index in [0.29, 0.717) is 44.2 Å². The number of anilines is 1. The van der Waals surface area contributed by atoms with Crippen molar-refractivity contribution < 1.29 is 13.9 Å². The highest BCUT2D eigenvalue weighted by Gasteiger charge is 2.32. The molecule has 6 nitrogen and oxygen atoms in total. The molecule has 2 aromatic rings. The molecule has 1 atom stereocenters. The van der Waals surface area contributed by atoms with E-state index in [1.165, 1.54) is 24.5 Å². The van der Waals surface area contributed by atoms with Gasteiger partial charge in [-0.3, -0.25) is 4.79 Å². The molecule has 0 bridgehead atoms. The maximum atomic E-state index is 13.3. The summed E-state index contributed by atoms with van der Waals surface area (Å²) in [5.74, 6) is 0.920. The molecule has 3 aliphatic rings. The van der Waals surface area contributed by atoms with Crippen LogP contribution in [-0.2, 0) is 11.2 Å². The standard InChI is InChI=1S/C21H23FN4O2/c22-17-12-18-20(23-13-17)28-21(24-18)26-9-7-25(8-10-26)19(27)11-14-1-3-15(4-2-14)16-5-6-16/h1-4,12-13,16,21,24H,5-11H2. The van der Waals surface area contributed by atoms with E-state index in [1.807, 2.05) is 4.90 Å². The summed E-state index contributed by atoms with van der Waals surface area (Å²) in [6, 6.07) is 9.88. The van der Waals surface area contributed by atoms with Gasteiger partial charge in [0.15, 0.2) is 0 Å². The molecule has 28 heavy (non-hydrogen) atoms. The molecule has 1 saturated heterocycles. The molecule has 1 aromatic heterocycles. The van der Waals surface area contributed by atoms with Crippen molar-refractivity contribution >= 4 is 11.6 Å². The first-order chi connectivity index (χ1) is 13.7. The van der Waals surface area contributed by atoms with Crippen LogP contribution in [-0.4, -0.2) is 53.2 Å². The third kappa shape index (κ3) is 3.54. The molecule has 1 aromatic carbocycles. The van der Waals surface area contributed by atoms with E-state index in [9.17, 15) is 9.18 Å². The van der Waals surface area contributed by atoms with Gasteiger partial charge in [0.2, 0.25) is 18.1 Å². The summed E-state index contributed by atoms with van der Waals surface area (Å²) in [5.41, 5.74) is 3.03. The van der Waals surface area contributed by atoms with Crippen LogP contribution in [0.25, 0.3) is 0 Å². The first-order valence-corrected chi connectivity index (χ1v) is 9.85. The highest BCUT2D eigenvalue weighted by molar-refractivity contribution is 5.79. The Bertz CT molecular complexity index is 876. The van der Waals surface area contributed by atoms with E-state index in [0.717, 1.165) is 17.7 Å². The molecule has 0 spiro atoms. The van der Waals surface area contributed by atoms with Gasteiger partial charge in [-0.2, -0.15) is 0 Å². The number of nitrogens with one attached hydrogen (secondary N) is 1. The summed E-state index contributed by atoms with van der Waals surface area (Å²) < 4.78 is 19.1. The van der Waals surface area contributed by atoms with Crippen molar-refractivity contribution in [3.63, 3.8) is 0 Å². The smallest absolute Gasteiger partial charge is 0.240 e. The Balaban J connectivity index is 1.13. The zero-order valence-electron chi connectivity index (χ0n) is 15.6. The third-order valence-electron chi connectivity index (χ3n) is 5.70. The summed E-state index contributed by atoms with van der Waals surface area (Å²) in [7, 11) is 0. The molecule has 3 heterocycles. The molecular formula is C21H23FN4O2. The van der Waals surface area contributed by atoms with Gasteiger partial charge < -0.3 is 15.0 Å². The van der Waals surface area contributed by atoms with Crippen molar-refractivity contribution in [2.75, 3.05) is 31.5 Å². The molecule has 1 unspecified atom stereocenters. The Hall–Kier alpha value is -2.67. The lowest BCUT2D eigenvalue weighted by Crippen LogP contribution is -2.54. The zero-order valence-corrected chi connectivity index (χ0v) is 15.6. The Kier molecular flexibility index (Phi) is 4.39. The highest BCUT2D eigenvalue weighted by atomic mass is 19.1. The van der Waals surface area contributed by atoms with Gasteiger partial charge in [0, 0.05) is 32.2 Å². The van der Waals surface area contributed by atoms with Crippen LogP contribution in [0, 0.1) is 5.82 Å². The van der Waals surface area contributed by atoms with Gasteiger partial charge in [-0.15, -0.1) is 0 Å². The second-order valence-electron chi connectivity index (χ2n) is 7.73. The van der Waals surface area contributed by atoms with Crippen molar-refractivity contribution in [2.24, 2.45) is 0 Å². The first-order valence-electron chi connectivity index (χ1n) is 9.85. The summed E-state index contributed by atoms with van der Waals surface area (Å²) in [6.07, 6.45) is 3.81. The van der Waals surface area contributed by atoms with Crippen LogP contribution in [0.3, 0.4) is 0 Å². The first kappa shape index (κ1) is 17.4. The molecule has 7 heteroatoms. The fourth-order valence-corrected chi connectivity index (χ4v) is 3.87. The number of carbonyl (C=O) groups is 1. The van der Waals surface area contributed by atoms with Gasteiger partial charge in [0.25, 0.3) is 0 Å². The van der Waals surface area contributed by atoms with E-state index >= 15 is 0 Å². The summed E-state index contributed by atoms with van der Waals surface area (Å²) in [5, 5.41) is 3.15. The molecule has 1 N–H and O–H groups in total. The zero-order chi connectivity index (χ0) is 19.1. The molecule has 1 aliphatic carbocycles. The number of hydrogen-bond acceptors (Lipinski definition) is 5. The number of pyridine rings is 1. The SMILES string of the molecule is O=C(Cc1ccc(C2CC2)cc1)N1CCN(C2Nc3cc(F)cnc3O2)CC1. The van der Waals surface area contributed by atoms with E-state index in [4.69, 9.17) is 4.74 Å². The number of amides is 1. The van der Waals surface area contributed by atoms with Crippen LogP contribution in [0.2, 0.25) is 0 Å². The van der Waals surface area contributed by atoms with Crippen LogP contribution in [0.1, 0.15) is 29.9 Å². The van der Waals surface area contributed by atoms with Gasteiger partial charge in [-0.05, 0) is 29.9 Å². The number of fused-ring (bicyclic) bond motifs is 1. The Morgan fingerprint density at radius 2 is 1.93 bits per heavy atom. The molecule has 146 valence electrons. The average Bonchev–Trinajstić information content (AvgIpc) is 3.48. The second kappa shape index (κ2) is 7.05. The predicted molar refractivity (Wildman–Crippen MR) is 103 cm³/mol. The minimum atomic E-state index is -0.393. The lowest BCUT2D eigenvalue weighted by molar-refractivity contribution is -0.133. The van der Waals surface area contributed by atoms with Crippen molar-refractivity contribution in [1.29, 1.82) is 0 Å². The van der Waals surface area contributed by atoms with E-state index in [1.54, 1.807) is 0 Å². The largest absolute Gasteiger partial charge is 0.438 e. The van der Waals surface area contributed by atoms with Crippen LogP contribution in [0.4, 0.5) is 10.1 Å². The number of rotatable bonds is 4. The Morgan fingerprint density at radius 3 is 2.64 bits per heavy atom. The number of carbonyl (C=O) groups excluding carboxylic acids is 1. The van der Waals surface area contributed by atoms with Gasteiger partial charge in [0.05, 0.1) is 12.6 Å². The van der Waals surface area contributed by atoms with Crippen molar-refractivity contribution in [3.8, 4) is 5.88 Å². The molecule has 5 rings (SSSR count). The third-order valence-corrected chi connectivity index (χ3v) is 5.70. The number of ether oxygens (including phenoxy) is 1. The second-order valence-corrected chi connectivity index (χ2v) is 7.73. The fourth-order valence-electron chi connectivity index (χ4n) is 3.87. The summed E-state index contributed by atoms with van der Waals surface area (Å²) in [4.78, 5) is 20.6. The van der Waals surface area contributed by atoms with Gasteiger partial charge >= 0.3 is 0 Å². The van der Waals surface area contributed by atoms with Gasteiger partial charge in [-0.1, -0.05) is 24.3 Å². The van der Waals surface area contributed by atoms with Crippen molar-refractivity contribution in [3.05, 3.63) is 53.5 Å². The molecule has 2 aliphatic heterocycles. The van der Waals surface area contributed by atoms with E-state index in [-0.39, 0.29) is 12.3 Å². The lowest BCUT2D eigenvalue weighted by Gasteiger charge is -2.37. The topological polar surface area (TPSA) is 57.7 Å². The fraction of sp³-hybridized carbons (Fsp3) is 0.429. The highest BCUT2D eigenvalue weighted by Crippen LogP contribution is 2.39. The molecule has 0 radical (unpaired) electrons. The number of hydrogen-bond donors (Lipinski definition) is 1. The molecule has 2 fully saturated rings. The number of aromatic nitrogens is 1. The number of halogens is 1. The average molecular weight is 382 g/mol. The van der Waals surface area contributed by atoms with E-state index < -0.39 is 5.82 Å². The van der Waals surface area contributed by atoms with Crippen molar-refractivity contribution in [1.82, 2.24) is 14.8 Å². The van der Waals surface area contributed by atoms with Crippen LogP contribution in [0.5, 0.6) is 5.88 Å². The lowest BCUT2D eigenvalue weighted by atomic mass is 10.1. The van der Waals surface area contributed by atoms with Crippen molar-refractivity contribution in [2.45, 2.75) is 31.5 Å². The predicted octanol–water partition coefficient (Wildman–Crippen LogP) is 2.57. The molecular weight excluding hydrogens is 359 g/mol. The summed E-state index contributed by atoms with van der Waals surface area (Å²) in [6.45, 7) is 2.69. The van der Waals surface area contributed by atoms with Crippen LogP contribution >= 0.6 is 0 Å². The van der Waals surface area contributed by atoms with Crippen LogP contribution in [0.15, 0.2) is 36.5 Å². The van der Waals surface area contributed by atoms with E-state index in [2.05, 4.69) is 39.5 Å². The number of piperazine rings is 1. The van der Waals surface area contributed by atoms with Gasteiger partial charge in [0.1, 0.15) is 11.5 Å². The number of nitrogens with zero attached hydrogens (tertiary/aromatic N) is 3. The Labute approximate surface area is 163 Å². The maximum Gasteiger partial charge on any atom is 0.240 e. The maximum absolute atomic E-state index is 13.3. The minimum absolute atomic E-state index is 0.158. The normalized spacial score (nSPS) is 21.8. The number of benzene rings is 1. The Morgan fingerprint density at radius 1 is 1.18 bits per heavy atom. The molecule has 1 amide bonds. The quantitative estimate of drug-likeness (QED) is 0.881. The monoisotopic (exact) mass is 382 g/mol. The van der Waals surface area contributed by atoms with Crippen LogP contribution < -0.4 is 10.1 Å². The van der Waals surface area contributed by atoms with Gasteiger partial charge in [-0.25, -0.2) is 14.3 Å². The minimum Gasteiger partial charge on any atom is -0.438 e.